The van der Waals surface area contributed by atoms with E-state index in [1.54, 1.807) is 19.2 Å². The second-order valence-corrected chi connectivity index (χ2v) is 5.16. The fourth-order valence-corrected chi connectivity index (χ4v) is 2.04. The zero-order valence-corrected chi connectivity index (χ0v) is 13.2. The molecule has 0 aliphatic rings. The number of hydrogen-bond acceptors (Lipinski definition) is 6. The molecular weight excluding hydrogens is 342 g/mol. The quantitative estimate of drug-likeness (QED) is 0.702. The lowest BCUT2D eigenvalue weighted by Gasteiger charge is -2.07. The second kappa shape index (κ2) is 6.83. The monoisotopic (exact) mass is 352 g/mol. The number of hydrogen-bond donors (Lipinski definition) is 0. The van der Waals surface area contributed by atoms with Gasteiger partial charge in [-0.3, -0.25) is 4.98 Å². The van der Waals surface area contributed by atoms with Crippen LogP contribution in [0.25, 0.3) is 11.4 Å². The van der Waals surface area contributed by atoms with Crippen molar-refractivity contribution in [1.82, 2.24) is 30.2 Å². The van der Waals surface area contributed by atoms with Crippen molar-refractivity contribution in [1.29, 1.82) is 0 Å². The number of nitrogens with zero attached hydrogens (tertiary/aromatic N) is 6. The first kappa shape index (κ1) is 16.2. The first-order valence-corrected chi connectivity index (χ1v) is 7.17. The molecule has 10 heteroatoms. The number of halogens is 3. The van der Waals surface area contributed by atoms with E-state index in [0.717, 1.165) is 6.20 Å². The predicted octanol–water partition coefficient (Wildman–Crippen LogP) is 2.84. The highest BCUT2D eigenvalue weighted by molar-refractivity contribution is 6.29. The fraction of sp³-hybridized carbons (Fsp3) is 0.214. The molecule has 0 saturated heterocycles. The Morgan fingerprint density at radius 2 is 2.00 bits per heavy atom. The zero-order chi connectivity index (χ0) is 17.1. The lowest BCUT2D eigenvalue weighted by molar-refractivity contribution is 0.151. The normalized spacial score (nSPS) is 11.0. The molecule has 0 bridgehead atoms. The predicted molar refractivity (Wildman–Crippen MR) is 80.6 cm³/mol. The van der Waals surface area contributed by atoms with Crippen LogP contribution in [0.5, 0.6) is 5.88 Å². The molecule has 0 aromatic carbocycles. The summed E-state index contributed by atoms with van der Waals surface area (Å²) in [5.74, 6) is 0.285. The minimum Gasteiger partial charge on any atom is -0.470 e. The number of aryl methyl sites for hydroxylation is 1. The van der Waals surface area contributed by atoms with Gasteiger partial charge in [-0.1, -0.05) is 16.8 Å². The molecule has 7 nitrogen and oxygen atoms in total. The molecule has 3 aromatic rings. The Balaban J connectivity index is 1.81. The van der Waals surface area contributed by atoms with Crippen LogP contribution in [0.15, 0.2) is 30.5 Å². The Labute approximate surface area is 140 Å². The molecule has 124 valence electrons. The summed E-state index contributed by atoms with van der Waals surface area (Å²) in [5.41, 5.74) is 1.33. The molecule has 24 heavy (non-hydrogen) atoms. The summed E-state index contributed by atoms with van der Waals surface area (Å²) in [4.78, 5) is 4.01. The molecule has 0 amide bonds. The molecule has 0 saturated carbocycles. The van der Waals surface area contributed by atoms with Crippen LogP contribution in [-0.4, -0.2) is 30.2 Å². The zero-order valence-electron chi connectivity index (χ0n) is 12.4. The van der Waals surface area contributed by atoms with Gasteiger partial charge in [0.1, 0.15) is 18.0 Å². The maximum absolute atomic E-state index is 12.6. The van der Waals surface area contributed by atoms with Crippen LogP contribution in [0.3, 0.4) is 0 Å². The smallest absolute Gasteiger partial charge is 0.265 e. The van der Waals surface area contributed by atoms with E-state index in [1.807, 2.05) is 0 Å². The Morgan fingerprint density at radius 1 is 1.17 bits per heavy atom. The summed E-state index contributed by atoms with van der Waals surface area (Å²) >= 11 is 5.66. The van der Waals surface area contributed by atoms with Crippen LogP contribution in [0.1, 0.15) is 17.7 Å². The lowest BCUT2D eigenvalue weighted by Crippen LogP contribution is -2.06. The first-order chi connectivity index (χ1) is 11.5. The number of pyridine rings is 1. The fourth-order valence-electron chi connectivity index (χ4n) is 1.94. The van der Waals surface area contributed by atoms with Gasteiger partial charge in [0.15, 0.2) is 5.15 Å². The molecule has 0 radical (unpaired) electrons. The van der Waals surface area contributed by atoms with E-state index in [0.29, 0.717) is 17.1 Å². The third-order valence-corrected chi connectivity index (χ3v) is 3.39. The van der Waals surface area contributed by atoms with Gasteiger partial charge in [0, 0.05) is 24.9 Å². The summed E-state index contributed by atoms with van der Waals surface area (Å²) in [6, 6.07) is 5.90. The van der Waals surface area contributed by atoms with Crippen LogP contribution in [0.4, 0.5) is 8.78 Å². The standard InChI is InChI=1S/C14H11ClF2N6O/c1-23-10(7-24-12-5-4-11(15)19-20-12)13(21-22-23)9-3-2-8(6-18-9)14(16)17/h2-6,14H,7H2,1H3. The number of aromatic nitrogens is 6. The Hall–Kier alpha value is -2.68. The number of rotatable bonds is 5. The maximum atomic E-state index is 12.6. The van der Waals surface area contributed by atoms with E-state index in [-0.39, 0.29) is 23.2 Å². The highest BCUT2D eigenvalue weighted by Gasteiger charge is 2.16. The third-order valence-electron chi connectivity index (χ3n) is 3.19. The molecule has 0 fully saturated rings. The molecule has 0 aliphatic carbocycles. The highest BCUT2D eigenvalue weighted by atomic mass is 35.5. The van der Waals surface area contributed by atoms with Crippen LogP contribution >= 0.6 is 11.6 Å². The van der Waals surface area contributed by atoms with Gasteiger partial charge in [-0.25, -0.2) is 13.5 Å². The van der Waals surface area contributed by atoms with Gasteiger partial charge in [0.2, 0.25) is 5.88 Å². The topological polar surface area (TPSA) is 78.6 Å². The van der Waals surface area contributed by atoms with Crippen molar-refractivity contribution < 1.29 is 13.5 Å². The van der Waals surface area contributed by atoms with Crippen LogP contribution < -0.4 is 4.74 Å². The summed E-state index contributed by atoms with van der Waals surface area (Å²) in [7, 11) is 1.69. The van der Waals surface area contributed by atoms with Gasteiger partial charge in [0.05, 0.1) is 5.69 Å². The maximum Gasteiger partial charge on any atom is 0.265 e. The van der Waals surface area contributed by atoms with E-state index < -0.39 is 6.43 Å². The molecular formula is C14H11ClF2N6O. The first-order valence-electron chi connectivity index (χ1n) is 6.79. The third kappa shape index (κ3) is 3.46. The van der Waals surface area contributed by atoms with E-state index in [1.165, 1.54) is 16.8 Å². The summed E-state index contributed by atoms with van der Waals surface area (Å²) in [5, 5.41) is 15.7. The molecule has 0 N–H and O–H groups in total. The van der Waals surface area contributed by atoms with Gasteiger partial charge in [-0.05, 0) is 18.2 Å². The molecule has 0 atom stereocenters. The van der Waals surface area contributed by atoms with Crippen molar-refractivity contribution in [3.63, 3.8) is 0 Å². The second-order valence-electron chi connectivity index (χ2n) is 4.77. The summed E-state index contributed by atoms with van der Waals surface area (Å²) < 4.78 is 32.3. The van der Waals surface area contributed by atoms with Crippen molar-refractivity contribution in [3.8, 4) is 17.3 Å². The van der Waals surface area contributed by atoms with Crippen molar-refractivity contribution in [2.75, 3.05) is 0 Å². The Bertz CT molecular complexity index is 822. The van der Waals surface area contributed by atoms with Gasteiger partial charge in [0.25, 0.3) is 6.43 Å². The van der Waals surface area contributed by atoms with E-state index in [4.69, 9.17) is 16.3 Å². The molecule has 3 rings (SSSR count). The largest absolute Gasteiger partial charge is 0.470 e. The van der Waals surface area contributed by atoms with Crippen molar-refractivity contribution >= 4 is 11.6 Å². The minimum absolute atomic E-state index is 0.105. The number of alkyl halides is 2. The molecule has 0 spiro atoms. The van der Waals surface area contributed by atoms with Gasteiger partial charge < -0.3 is 4.74 Å². The average Bonchev–Trinajstić information content (AvgIpc) is 2.95. The Morgan fingerprint density at radius 3 is 2.62 bits per heavy atom. The summed E-state index contributed by atoms with van der Waals surface area (Å²) in [6.45, 7) is 0.105. The van der Waals surface area contributed by atoms with Crippen molar-refractivity contribution in [2.24, 2.45) is 7.05 Å². The Kier molecular flexibility index (Phi) is 4.61. The van der Waals surface area contributed by atoms with E-state index in [9.17, 15) is 8.78 Å². The molecule has 3 heterocycles. The van der Waals surface area contributed by atoms with E-state index >= 15 is 0 Å². The van der Waals surface area contributed by atoms with Crippen molar-refractivity contribution in [3.05, 3.63) is 46.9 Å². The van der Waals surface area contributed by atoms with Gasteiger partial charge >= 0.3 is 0 Å². The summed E-state index contributed by atoms with van der Waals surface area (Å²) in [6.07, 6.45) is -1.45. The van der Waals surface area contributed by atoms with Crippen LogP contribution in [0.2, 0.25) is 5.15 Å². The van der Waals surface area contributed by atoms with Gasteiger partial charge in [-0.2, -0.15) is 0 Å². The number of ether oxygens (including phenoxy) is 1. The average molecular weight is 353 g/mol. The SMILES string of the molecule is Cn1nnc(-c2ccc(C(F)F)cn2)c1COc1ccc(Cl)nn1. The lowest BCUT2D eigenvalue weighted by atomic mass is 10.2. The van der Waals surface area contributed by atoms with E-state index in [2.05, 4.69) is 25.5 Å². The molecule has 3 aromatic heterocycles. The molecule has 0 unspecified atom stereocenters. The van der Waals surface area contributed by atoms with Gasteiger partial charge in [-0.15, -0.1) is 15.3 Å². The highest BCUT2D eigenvalue weighted by Crippen LogP contribution is 2.23. The minimum atomic E-state index is -2.57. The van der Waals surface area contributed by atoms with Crippen molar-refractivity contribution in [2.45, 2.75) is 13.0 Å². The van der Waals surface area contributed by atoms with Crippen LogP contribution in [0, 0.1) is 0 Å². The van der Waals surface area contributed by atoms with Crippen LogP contribution in [-0.2, 0) is 13.7 Å². The molecule has 0 aliphatic heterocycles.